The smallest absolute Gasteiger partial charge is 0.227 e. The van der Waals surface area contributed by atoms with Crippen LogP contribution in [0.4, 0.5) is 0 Å². The van der Waals surface area contributed by atoms with Crippen LogP contribution in [0.3, 0.4) is 0 Å². The van der Waals surface area contributed by atoms with Crippen LogP contribution < -0.4 is 0 Å². The van der Waals surface area contributed by atoms with E-state index in [2.05, 4.69) is 4.90 Å². The van der Waals surface area contributed by atoms with Crippen LogP contribution in [0.25, 0.3) is 0 Å². The number of fused-ring (bicyclic) bond motifs is 1. The van der Waals surface area contributed by atoms with Crippen molar-refractivity contribution in [1.82, 2.24) is 4.90 Å². The Bertz CT molecular complexity index is 266. The molecule has 0 N–H and O–H groups in total. The second-order valence-electron chi connectivity index (χ2n) is 6.59. The molecule has 0 bridgehead atoms. The fraction of sp³-hybridized carbons (Fsp3) is 0.929. The minimum absolute atomic E-state index is 0.207. The lowest BCUT2D eigenvalue weighted by atomic mass is 9.74. The number of piperidine rings is 1. The normalized spacial score (nSPS) is 31.1. The number of hydrogen-bond acceptors (Lipinski definition) is 1. The van der Waals surface area contributed by atoms with Crippen molar-refractivity contribution in [3.63, 3.8) is 0 Å². The van der Waals surface area contributed by atoms with E-state index < -0.39 is 0 Å². The average molecular weight is 223 g/mol. The van der Waals surface area contributed by atoms with Crippen molar-refractivity contribution in [2.24, 2.45) is 17.3 Å². The second kappa shape index (κ2) is 4.38. The predicted octanol–water partition coefficient (Wildman–Crippen LogP) is 3.07. The quantitative estimate of drug-likeness (QED) is 0.618. The first-order valence-corrected chi connectivity index (χ1v) is 6.78. The topological polar surface area (TPSA) is 20.3 Å². The number of hydrogen-bond donors (Lipinski definition) is 0. The van der Waals surface area contributed by atoms with Gasteiger partial charge in [0, 0.05) is 18.5 Å². The van der Waals surface area contributed by atoms with E-state index in [4.69, 9.17) is 0 Å². The Kier molecular flexibility index (Phi) is 3.27. The minimum Gasteiger partial charge on any atom is -0.342 e. The first kappa shape index (κ1) is 11.9. The number of nitrogens with zero attached hydrogens (tertiary/aromatic N) is 1. The summed E-state index contributed by atoms with van der Waals surface area (Å²) >= 11 is 0. The summed E-state index contributed by atoms with van der Waals surface area (Å²) in [6.45, 7) is 8.12. The third-order valence-corrected chi connectivity index (χ3v) is 4.22. The molecule has 1 saturated heterocycles. The van der Waals surface area contributed by atoms with E-state index in [-0.39, 0.29) is 5.41 Å². The summed E-state index contributed by atoms with van der Waals surface area (Å²) in [6, 6.07) is 0. The first-order valence-electron chi connectivity index (χ1n) is 6.78. The fourth-order valence-electron chi connectivity index (χ4n) is 3.26. The molecule has 0 aromatic heterocycles. The first-order chi connectivity index (χ1) is 7.48. The van der Waals surface area contributed by atoms with Gasteiger partial charge in [0.2, 0.25) is 5.91 Å². The Morgan fingerprint density at radius 2 is 1.69 bits per heavy atom. The van der Waals surface area contributed by atoms with Gasteiger partial charge in [-0.25, -0.2) is 0 Å². The van der Waals surface area contributed by atoms with Gasteiger partial charge >= 0.3 is 0 Å². The van der Waals surface area contributed by atoms with Crippen LogP contribution in [0.1, 0.15) is 52.9 Å². The lowest BCUT2D eigenvalue weighted by Crippen LogP contribution is -2.48. The van der Waals surface area contributed by atoms with Gasteiger partial charge in [-0.05, 0) is 24.7 Å². The number of carbonyl (C=O) groups is 1. The van der Waals surface area contributed by atoms with Crippen LogP contribution >= 0.6 is 0 Å². The summed E-state index contributed by atoms with van der Waals surface area (Å²) < 4.78 is 0. The van der Waals surface area contributed by atoms with Gasteiger partial charge in [0.15, 0.2) is 0 Å². The molecule has 1 aliphatic carbocycles. The summed E-state index contributed by atoms with van der Waals surface area (Å²) in [5.74, 6) is 2.06. The molecule has 0 aromatic rings. The molecular formula is C14H25NO. The zero-order chi connectivity index (χ0) is 11.8. The fourth-order valence-corrected chi connectivity index (χ4v) is 3.26. The molecule has 0 unspecified atom stereocenters. The molecule has 0 radical (unpaired) electrons. The lowest BCUT2D eigenvalue weighted by Gasteiger charge is -2.43. The summed E-state index contributed by atoms with van der Waals surface area (Å²) in [5, 5.41) is 0. The van der Waals surface area contributed by atoms with Crippen LogP contribution in [0.5, 0.6) is 0 Å². The summed E-state index contributed by atoms with van der Waals surface area (Å²) in [7, 11) is 0. The van der Waals surface area contributed by atoms with Crippen LogP contribution in [0.15, 0.2) is 0 Å². The maximum Gasteiger partial charge on any atom is 0.227 e. The number of carbonyl (C=O) groups excluding carboxylic acids is 1. The highest BCUT2D eigenvalue weighted by atomic mass is 16.2. The van der Waals surface area contributed by atoms with E-state index in [0.717, 1.165) is 24.9 Å². The van der Waals surface area contributed by atoms with Crippen LogP contribution in [-0.4, -0.2) is 23.9 Å². The maximum atomic E-state index is 12.2. The van der Waals surface area contributed by atoms with Crippen LogP contribution in [-0.2, 0) is 4.79 Å². The number of amides is 1. The molecule has 1 saturated carbocycles. The Morgan fingerprint density at radius 1 is 1.06 bits per heavy atom. The molecule has 2 nitrogen and oxygen atoms in total. The van der Waals surface area contributed by atoms with E-state index in [1.54, 1.807) is 0 Å². The monoisotopic (exact) mass is 223 g/mol. The minimum atomic E-state index is -0.207. The molecule has 2 heteroatoms. The highest BCUT2D eigenvalue weighted by molar-refractivity contribution is 5.81. The molecule has 1 aliphatic heterocycles. The van der Waals surface area contributed by atoms with Crippen molar-refractivity contribution in [2.45, 2.75) is 52.9 Å². The van der Waals surface area contributed by atoms with E-state index in [9.17, 15) is 4.79 Å². The second-order valence-corrected chi connectivity index (χ2v) is 6.59. The summed E-state index contributed by atoms with van der Waals surface area (Å²) in [5.41, 5.74) is -0.207. The third-order valence-electron chi connectivity index (χ3n) is 4.22. The molecule has 1 heterocycles. The van der Waals surface area contributed by atoms with Gasteiger partial charge in [-0.3, -0.25) is 4.79 Å². The molecular weight excluding hydrogens is 198 g/mol. The zero-order valence-electron chi connectivity index (χ0n) is 11.0. The van der Waals surface area contributed by atoms with Crippen molar-refractivity contribution in [2.75, 3.05) is 13.1 Å². The number of likely N-dealkylation sites (tertiary alicyclic amines) is 1. The van der Waals surface area contributed by atoms with Crippen LogP contribution in [0, 0.1) is 17.3 Å². The van der Waals surface area contributed by atoms with Gasteiger partial charge in [0.25, 0.3) is 0 Å². The Labute approximate surface area is 99.4 Å². The molecule has 2 aliphatic rings. The molecule has 92 valence electrons. The summed E-state index contributed by atoms with van der Waals surface area (Å²) in [6.07, 6.45) is 6.78. The average Bonchev–Trinajstić information content (AvgIpc) is 2.26. The molecule has 0 spiro atoms. The van der Waals surface area contributed by atoms with Crippen molar-refractivity contribution >= 4 is 5.91 Å². The molecule has 2 rings (SSSR count). The van der Waals surface area contributed by atoms with Gasteiger partial charge < -0.3 is 4.90 Å². The molecule has 0 aromatic carbocycles. The van der Waals surface area contributed by atoms with Gasteiger partial charge in [-0.15, -0.1) is 0 Å². The third kappa shape index (κ3) is 2.41. The van der Waals surface area contributed by atoms with Crippen molar-refractivity contribution in [1.29, 1.82) is 0 Å². The SMILES string of the molecule is CC(C)(C)C(=O)N1CC[C@@H]2CCCC[C@H]2C1. The van der Waals surface area contributed by atoms with E-state index in [1.165, 1.54) is 32.1 Å². The highest BCUT2D eigenvalue weighted by Crippen LogP contribution is 2.37. The Balaban J connectivity index is 1.97. The van der Waals surface area contributed by atoms with Gasteiger partial charge in [-0.2, -0.15) is 0 Å². The van der Waals surface area contributed by atoms with Crippen molar-refractivity contribution in [3.05, 3.63) is 0 Å². The predicted molar refractivity (Wildman–Crippen MR) is 66.1 cm³/mol. The molecule has 2 fully saturated rings. The lowest BCUT2D eigenvalue weighted by molar-refractivity contribution is -0.142. The van der Waals surface area contributed by atoms with E-state index >= 15 is 0 Å². The summed E-state index contributed by atoms with van der Waals surface area (Å²) in [4.78, 5) is 14.3. The zero-order valence-corrected chi connectivity index (χ0v) is 11.0. The highest BCUT2D eigenvalue weighted by Gasteiger charge is 2.35. The van der Waals surface area contributed by atoms with Crippen LogP contribution in [0.2, 0.25) is 0 Å². The van der Waals surface area contributed by atoms with Crippen molar-refractivity contribution < 1.29 is 4.79 Å². The van der Waals surface area contributed by atoms with Crippen molar-refractivity contribution in [3.8, 4) is 0 Å². The van der Waals surface area contributed by atoms with E-state index in [1.807, 2.05) is 20.8 Å². The number of rotatable bonds is 0. The standard InChI is InChI=1S/C14H25NO/c1-14(2,3)13(16)15-9-8-11-6-4-5-7-12(11)10-15/h11-12H,4-10H2,1-3H3/t11-,12-/m0/s1. The molecule has 16 heavy (non-hydrogen) atoms. The van der Waals surface area contributed by atoms with Gasteiger partial charge in [-0.1, -0.05) is 40.0 Å². The Morgan fingerprint density at radius 3 is 2.31 bits per heavy atom. The van der Waals surface area contributed by atoms with Gasteiger partial charge in [0.1, 0.15) is 0 Å². The Hall–Kier alpha value is -0.530. The largest absolute Gasteiger partial charge is 0.342 e. The van der Waals surface area contributed by atoms with E-state index in [0.29, 0.717) is 5.91 Å². The molecule has 1 amide bonds. The maximum absolute atomic E-state index is 12.2. The molecule has 2 atom stereocenters. The van der Waals surface area contributed by atoms with Gasteiger partial charge in [0.05, 0.1) is 0 Å².